The van der Waals surface area contributed by atoms with Crippen molar-refractivity contribution >= 4 is 17.5 Å². The van der Waals surface area contributed by atoms with E-state index in [-0.39, 0.29) is 40.3 Å². The van der Waals surface area contributed by atoms with Crippen LogP contribution in [0.5, 0.6) is 0 Å². The van der Waals surface area contributed by atoms with E-state index >= 15 is 0 Å². The highest BCUT2D eigenvalue weighted by atomic mass is 35.5. The molecule has 0 saturated heterocycles. The van der Waals surface area contributed by atoms with Gasteiger partial charge in [0.2, 0.25) is 5.91 Å². The Morgan fingerprint density at radius 1 is 1.03 bits per heavy atom. The van der Waals surface area contributed by atoms with E-state index in [1.807, 2.05) is 0 Å². The van der Waals surface area contributed by atoms with Gasteiger partial charge >= 0.3 is 11.9 Å². The first-order valence-electron chi connectivity index (χ1n) is 11.6. The van der Waals surface area contributed by atoms with Crippen LogP contribution in [-0.2, 0) is 17.3 Å². The summed E-state index contributed by atoms with van der Waals surface area (Å²) in [5.74, 6) is -4.55. The number of alkyl halides is 5. The van der Waals surface area contributed by atoms with Crippen LogP contribution in [0.15, 0.2) is 41.2 Å². The fourth-order valence-electron chi connectivity index (χ4n) is 3.62. The topological polar surface area (TPSA) is 87.7 Å². The molecule has 0 aliphatic carbocycles. The van der Waals surface area contributed by atoms with Crippen molar-refractivity contribution < 1.29 is 26.7 Å². The number of hydrogen-bond donors (Lipinski definition) is 2. The number of nitrogens with one attached hydrogen (secondary N) is 2. The van der Waals surface area contributed by atoms with Crippen molar-refractivity contribution in [1.29, 1.82) is 0 Å². The average Bonchev–Trinajstić information content (AvgIpc) is 2.81. The maximum Gasteiger partial charge on any atom is 0.402 e. The Hall–Kier alpha value is -3.34. The van der Waals surface area contributed by atoms with Gasteiger partial charge in [-0.2, -0.15) is 18.2 Å². The zero-order chi connectivity index (χ0) is 28.6. The molecule has 3 rings (SSSR count). The zero-order valence-corrected chi connectivity index (χ0v) is 22.0. The van der Waals surface area contributed by atoms with Gasteiger partial charge in [0.25, 0.3) is 5.92 Å². The van der Waals surface area contributed by atoms with Crippen LogP contribution >= 0.6 is 11.6 Å². The van der Waals surface area contributed by atoms with E-state index in [0.717, 1.165) is 20.8 Å². The fourth-order valence-corrected chi connectivity index (χ4v) is 3.82. The molecule has 2 aromatic carbocycles. The quantitative estimate of drug-likeness (QED) is 0.321. The number of aromatic nitrogens is 3. The van der Waals surface area contributed by atoms with Gasteiger partial charge in [-0.3, -0.25) is 9.78 Å². The van der Waals surface area contributed by atoms with Crippen molar-refractivity contribution in [2.75, 3.05) is 0 Å². The normalized spacial score (nSPS) is 12.6. The number of H-pyrrole nitrogens is 1. The van der Waals surface area contributed by atoms with Gasteiger partial charge in [-0.1, -0.05) is 43.6 Å². The van der Waals surface area contributed by atoms with Gasteiger partial charge in [0.1, 0.15) is 11.2 Å². The summed E-state index contributed by atoms with van der Waals surface area (Å²) in [6, 6.07) is 8.59. The third kappa shape index (κ3) is 6.20. The van der Waals surface area contributed by atoms with Crippen molar-refractivity contribution in [2.45, 2.75) is 59.2 Å². The molecule has 1 aromatic heterocycles. The Balaban J connectivity index is 1.98. The van der Waals surface area contributed by atoms with E-state index in [9.17, 15) is 31.5 Å². The van der Waals surface area contributed by atoms with E-state index in [2.05, 4.69) is 20.3 Å². The molecular weight excluding hydrogens is 531 g/mol. The highest BCUT2D eigenvalue weighted by Crippen LogP contribution is 2.38. The maximum atomic E-state index is 14.1. The first-order valence-corrected chi connectivity index (χ1v) is 11.9. The lowest BCUT2D eigenvalue weighted by molar-refractivity contribution is -0.211. The molecule has 3 aromatic rings. The molecule has 2 N–H and O–H groups in total. The van der Waals surface area contributed by atoms with E-state index in [4.69, 9.17) is 11.6 Å². The van der Waals surface area contributed by atoms with Gasteiger partial charge < -0.3 is 5.32 Å². The molecule has 0 radical (unpaired) electrons. The average molecular weight is 557 g/mol. The van der Waals surface area contributed by atoms with Crippen LogP contribution < -0.4 is 11.0 Å². The molecule has 0 fully saturated rings. The highest BCUT2D eigenvalue weighted by molar-refractivity contribution is 6.33. The molecule has 38 heavy (non-hydrogen) atoms. The lowest BCUT2D eigenvalue weighted by Crippen LogP contribution is -2.46. The summed E-state index contributed by atoms with van der Waals surface area (Å²) >= 11 is 6.31. The van der Waals surface area contributed by atoms with Gasteiger partial charge in [-0.05, 0) is 49.1 Å². The highest BCUT2D eigenvalue weighted by Gasteiger charge is 2.52. The van der Waals surface area contributed by atoms with Gasteiger partial charge in [-0.15, -0.1) is 0 Å². The number of halogens is 6. The van der Waals surface area contributed by atoms with Crippen LogP contribution in [0.2, 0.25) is 5.02 Å². The van der Waals surface area contributed by atoms with Crippen molar-refractivity contribution in [3.05, 3.63) is 68.6 Å². The smallest absolute Gasteiger partial charge is 0.351 e. The van der Waals surface area contributed by atoms with Crippen LogP contribution in [0, 0.1) is 5.41 Å². The molecule has 0 aliphatic heterocycles. The Labute approximate surface area is 220 Å². The van der Waals surface area contributed by atoms with Crippen LogP contribution in [0.1, 0.15) is 57.2 Å². The van der Waals surface area contributed by atoms with Gasteiger partial charge in [0.15, 0.2) is 5.82 Å². The van der Waals surface area contributed by atoms with Crippen molar-refractivity contribution in [3.8, 4) is 22.8 Å². The maximum absolute atomic E-state index is 14.1. The molecule has 0 spiro atoms. The lowest BCUT2D eigenvalue weighted by atomic mass is 9.91. The number of amides is 1. The van der Waals surface area contributed by atoms with E-state index in [1.54, 1.807) is 13.8 Å². The van der Waals surface area contributed by atoms with Gasteiger partial charge in [0.05, 0.1) is 5.02 Å². The number of hydrogen-bond acceptors (Lipinski definition) is 4. The lowest BCUT2D eigenvalue weighted by Gasteiger charge is -2.26. The number of rotatable bonds is 7. The van der Waals surface area contributed by atoms with Crippen LogP contribution in [-0.4, -0.2) is 27.0 Å². The molecule has 0 aliphatic rings. The number of benzene rings is 2. The SMILES string of the molecule is CC(C)c1cc(-c2nc(-c3cc(CNC(=O)C(C)(C)C(F)(F)F)ccc3Cl)[nH]c(=O)n2)ccc1C(C)(F)F. The second kappa shape index (κ2) is 10.4. The van der Waals surface area contributed by atoms with Gasteiger partial charge in [0, 0.05) is 30.2 Å². The molecule has 0 atom stereocenters. The molecule has 6 nitrogen and oxygen atoms in total. The fraction of sp³-hybridized carbons (Fsp3) is 0.385. The number of nitrogens with zero attached hydrogens (tertiary/aromatic N) is 2. The Morgan fingerprint density at radius 2 is 1.68 bits per heavy atom. The predicted molar refractivity (Wildman–Crippen MR) is 134 cm³/mol. The standard InChI is InChI=1S/C26H26ClF5N4O2/c1-13(2)16-11-15(7-8-18(16)25(5,28)29)20-34-21(36-23(38)35-20)17-10-14(6-9-19(17)27)12-33-22(37)24(3,4)26(30,31)32/h6-11,13H,12H2,1-5H3,(H,33,37)(H,34,35,36,38). The molecule has 204 valence electrons. The third-order valence-corrected chi connectivity index (χ3v) is 6.40. The summed E-state index contributed by atoms with van der Waals surface area (Å²) in [7, 11) is 0. The van der Waals surface area contributed by atoms with Crippen molar-refractivity contribution in [3.63, 3.8) is 0 Å². The van der Waals surface area contributed by atoms with Gasteiger partial charge in [-0.25, -0.2) is 18.6 Å². The first kappa shape index (κ1) is 29.2. The Morgan fingerprint density at radius 3 is 2.26 bits per heavy atom. The minimum atomic E-state index is -4.74. The predicted octanol–water partition coefficient (Wildman–Crippen LogP) is 6.59. The minimum absolute atomic E-state index is 0.00444. The summed E-state index contributed by atoms with van der Waals surface area (Å²) in [6.45, 7) is 5.65. The summed E-state index contributed by atoms with van der Waals surface area (Å²) in [5, 5.41) is 2.43. The summed E-state index contributed by atoms with van der Waals surface area (Å²) < 4.78 is 67.6. The molecule has 0 saturated carbocycles. The molecule has 0 bridgehead atoms. The van der Waals surface area contributed by atoms with E-state index in [0.29, 0.717) is 16.7 Å². The molecular formula is C26H26ClF5N4O2. The second-order valence-corrected chi connectivity index (χ2v) is 10.2. The number of aromatic amines is 1. The summed E-state index contributed by atoms with van der Waals surface area (Å²) in [4.78, 5) is 35.2. The van der Waals surface area contributed by atoms with Crippen molar-refractivity contribution in [2.24, 2.45) is 5.41 Å². The van der Waals surface area contributed by atoms with Crippen LogP contribution in [0.3, 0.4) is 0 Å². The zero-order valence-electron chi connectivity index (χ0n) is 21.2. The van der Waals surface area contributed by atoms with E-state index in [1.165, 1.54) is 36.4 Å². The minimum Gasteiger partial charge on any atom is -0.351 e. The monoisotopic (exact) mass is 556 g/mol. The Bertz CT molecular complexity index is 1410. The largest absolute Gasteiger partial charge is 0.402 e. The second-order valence-electron chi connectivity index (χ2n) is 9.79. The number of carbonyl (C=O) groups is 1. The molecule has 0 unspecified atom stereocenters. The summed E-state index contributed by atoms with van der Waals surface area (Å²) in [5.41, 5.74) is -2.18. The number of carbonyl (C=O) groups excluding carboxylic acids is 1. The third-order valence-electron chi connectivity index (χ3n) is 6.07. The van der Waals surface area contributed by atoms with Crippen LogP contribution in [0.25, 0.3) is 22.8 Å². The molecule has 1 amide bonds. The first-order chi connectivity index (χ1) is 17.4. The molecule has 12 heteroatoms. The Kier molecular flexibility index (Phi) is 8.02. The van der Waals surface area contributed by atoms with Crippen LogP contribution in [0.4, 0.5) is 22.0 Å². The molecule has 1 heterocycles. The summed E-state index contributed by atoms with van der Waals surface area (Å²) in [6.07, 6.45) is -4.74. The van der Waals surface area contributed by atoms with E-state index < -0.39 is 29.1 Å². The van der Waals surface area contributed by atoms with Crippen molar-refractivity contribution in [1.82, 2.24) is 20.3 Å².